The maximum Gasteiger partial charge on any atom is 0.295 e. The molecule has 1 aliphatic rings. The third-order valence-electron chi connectivity index (χ3n) is 3.72. The number of methoxy groups -OCH3 is 1. The van der Waals surface area contributed by atoms with Gasteiger partial charge in [0.25, 0.3) is 5.56 Å². The van der Waals surface area contributed by atoms with Crippen LogP contribution in [-0.2, 0) is 0 Å². The molecule has 0 atom stereocenters. The van der Waals surface area contributed by atoms with Gasteiger partial charge < -0.3 is 19.9 Å². The fourth-order valence-corrected chi connectivity index (χ4v) is 2.58. The van der Waals surface area contributed by atoms with Crippen molar-refractivity contribution in [2.24, 2.45) is 0 Å². The van der Waals surface area contributed by atoms with E-state index in [4.69, 9.17) is 4.74 Å². The Kier molecular flexibility index (Phi) is 4.79. The Morgan fingerprint density at radius 3 is 2.95 bits per heavy atom. The van der Waals surface area contributed by atoms with Crippen molar-refractivity contribution in [3.8, 4) is 5.75 Å². The number of aromatic nitrogens is 2. The van der Waals surface area contributed by atoms with Crippen LogP contribution in [0.1, 0.15) is 25.7 Å². The zero-order valence-electron chi connectivity index (χ0n) is 11.6. The van der Waals surface area contributed by atoms with E-state index < -0.39 is 0 Å². The topological polar surface area (TPSA) is 70.2 Å². The quantitative estimate of drug-likeness (QED) is 0.806. The number of aromatic amines is 1. The van der Waals surface area contributed by atoms with Crippen LogP contribution in [0.15, 0.2) is 11.1 Å². The van der Waals surface area contributed by atoms with Crippen LogP contribution in [0.5, 0.6) is 5.75 Å². The minimum Gasteiger partial charge on any atom is -0.489 e. The van der Waals surface area contributed by atoms with Crippen LogP contribution in [0.4, 0.5) is 5.82 Å². The van der Waals surface area contributed by atoms with Gasteiger partial charge >= 0.3 is 0 Å². The summed E-state index contributed by atoms with van der Waals surface area (Å²) in [5, 5.41) is 3.16. The molecular formula is C13H22N4O2. The number of hydrogen-bond donors (Lipinski definition) is 2. The van der Waals surface area contributed by atoms with Crippen LogP contribution in [0.2, 0.25) is 0 Å². The molecule has 6 heteroatoms. The van der Waals surface area contributed by atoms with E-state index in [0.717, 1.165) is 13.1 Å². The van der Waals surface area contributed by atoms with Crippen LogP contribution >= 0.6 is 0 Å². The maximum absolute atomic E-state index is 11.5. The zero-order valence-corrected chi connectivity index (χ0v) is 11.6. The van der Waals surface area contributed by atoms with E-state index in [1.165, 1.54) is 39.1 Å². The SMILES string of the molecule is COc1c(NCCN(C)C2CCCC2)nc[nH]c1=O. The summed E-state index contributed by atoms with van der Waals surface area (Å²) in [7, 11) is 3.63. The normalized spacial score (nSPS) is 15.9. The Bertz CT molecular complexity index is 454. The molecular weight excluding hydrogens is 244 g/mol. The summed E-state index contributed by atoms with van der Waals surface area (Å²) < 4.78 is 5.05. The Morgan fingerprint density at radius 1 is 1.53 bits per heavy atom. The second-order valence-corrected chi connectivity index (χ2v) is 4.96. The largest absolute Gasteiger partial charge is 0.489 e. The molecule has 0 saturated heterocycles. The van der Waals surface area contributed by atoms with Crippen molar-refractivity contribution in [3.63, 3.8) is 0 Å². The number of nitrogens with zero attached hydrogens (tertiary/aromatic N) is 2. The number of rotatable bonds is 6. The Hall–Kier alpha value is -1.56. The molecule has 0 aliphatic heterocycles. The summed E-state index contributed by atoms with van der Waals surface area (Å²) in [5.74, 6) is 0.747. The number of hydrogen-bond acceptors (Lipinski definition) is 5. The number of ether oxygens (including phenoxy) is 1. The van der Waals surface area contributed by atoms with Crippen LogP contribution in [0, 0.1) is 0 Å². The molecule has 1 aromatic rings. The van der Waals surface area contributed by atoms with E-state index in [0.29, 0.717) is 11.9 Å². The van der Waals surface area contributed by atoms with Gasteiger partial charge in [-0.1, -0.05) is 12.8 Å². The van der Waals surface area contributed by atoms with E-state index in [-0.39, 0.29) is 11.3 Å². The highest BCUT2D eigenvalue weighted by molar-refractivity contribution is 5.47. The van der Waals surface area contributed by atoms with Crippen molar-refractivity contribution in [2.75, 3.05) is 32.6 Å². The molecule has 0 spiro atoms. The van der Waals surface area contributed by atoms with Crippen molar-refractivity contribution < 1.29 is 4.74 Å². The van der Waals surface area contributed by atoms with E-state index in [1.807, 2.05) is 0 Å². The lowest BCUT2D eigenvalue weighted by Crippen LogP contribution is -2.33. The molecule has 0 amide bonds. The van der Waals surface area contributed by atoms with Gasteiger partial charge in [0.2, 0.25) is 5.75 Å². The Balaban J connectivity index is 1.85. The molecule has 0 aromatic carbocycles. The number of nitrogens with one attached hydrogen (secondary N) is 2. The summed E-state index contributed by atoms with van der Waals surface area (Å²) in [6, 6.07) is 0.704. The Morgan fingerprint density at radius 2 is 2.26 bits per heavy atom. The lowest BCUT2D eigenvalue weighted by atomic mass is 10.2. The van der Waals surface area contributed by atoms with E-state index in [2.05, 4.69) is 27.2 Å². The number of anilines is 1. The molecule has 6 nitrogen and oxygen atoms in total. The molecule has 0 unspecified atom stereocenters. The van der Waals surface area contributed by atoms with Gasteiger partial charge in [0.15, 0.2) is 5.82 Å². The maximum atomic E-state index is 11.5. The highest BCUT2D eigenvalue weighted by Crippen LogP contribution is 2.22. The van der Waals surface area contributed by atoms with Crippen LogP contribution in [0.25, 0.3) is 0 Å². The number of H-pyrrole nitrogens is 1. The minimum atomic E-state index is -0.260. The van der Waals surface area contributed by atoms with E-state index >= 15 is 0 Å². The van der Waals surface area contributed by atoms with Gasteiger partial charge in [-0.2, -0.15) is 0 Å². The van der Waals surface area contributed by atoms with Crippen molar-refractivity contribution in [3.05, 3.63) is 16.7 Å². The zero-order chi connectivity index (χ0) is 13.7. The summed E-state index contributed by atoms with van der Waals surface area (Å²) in [4.78, 5) is 20.5. The van der Waals surface area contributed by atoms with Crippen molar-refractivity contribution in [2.45, 2.75) is 31.7 Å². The average Bonchev–Trinajstić information content (AvgIpc) is 2.93. The monoisotopic (exact) mass is 266 g/mol. The predicted octanol–water partition coefficient (Wildman–Crippen LogP) is 1.06. The molecule has 2 rings (SSSR count). The second kappa shape index (κ2) is 6.56. The van der Waals surface area contributed by atoms with Gasteiger partial charge in [-0.05, 0) is 19.9 Å². The van der Waals surface area contributed by atoms with E-state index in [1.54, 1.807) is 0 Å². The third-order valence-corrected chi connectivity index (χ3v) is 3.72. The summed E-state index contributed by atoms with van der Waals surface area (Å²) >= 11 is 0. The summed E-state index contributed by atoms with van der Waals surface area (Å²) in [5.41, 5.74) is -0.260. The molecule has 1 saturated carbocycles. The molecule has 19 heavy (non-hydrogen) atoms. The highest BCUT2D eigenvalue weighted by atomic mass is 16.5. The first kappa shape index (κ1) is 13.9. The smallest absolute Gasteiger partial charge is 0.295 e. The molecule has 1 heterocycles. The predicted molar refractivity (Wildman–Crippen MR) is 74.8 cm³/mol. The second-order valence-electron chi connectivity index (χ2n) is 4.96. The van der Waals surface area contributed by atoms with Gasteiger partial charge in [-0.25, -0.2) is 4.98 Å². The van der Waals surface area contributed by atoms with Gasteiger partial charge in [-0.3, -0.25) is 4.79 Å². The minimum absolute atomic E-state index is 0.242. The average molecular weight is 266 g/mol. The molecule has 1 aliphatic carbocycles. The van der Waals surface area contributed by atoms with Gasteiger partial charge in [0, 0.05) is 19.1 Å². The fourth-order valence-electron chi connectivity index (χ4n) is 2.58. The molecule has 0 radical (unpaired) electrons. The summed E-state index contributed by atoms with van der Waals surface area (Å²) in [6.45, 7) is 1.68. The van der Waals surface area contributed by atoms with Crippen LogP contribution in [0.3, 0.4) is 0 Å². The van der Waals surface area contributed by atoms with Crippen molar-refractivity contribution in [1.82, 2.24) is 14.9 Å². The third kappa shape index (κ3) is 3.47. The van der Waals surface area contributed by atoms with E-state index in [9.17, 15) is 4.79 Å². The first-order chi connectivity index (χ1) is 9.22. The van der Waals surface area contributed by atoms with Crippen LogP contribution in [-0.4, -0.2) is 48.2 Å². The fraction of sp³-hybridized carbons (Fsp3) is 0.692. The molecule has 1 aromatic heterocycles. The van der Waals surface area contributed by atoms with Crippen molar-refractivity contribution >= 4 is 5.82 Å². The Labute approximate surface area is 113 Å². The molecule has 2 N–H and O–H groups in total. The lowest BCUT2D eigenvalue weighted by molar-refractivity contribution is 0.254. The van der Waals surface area contributed by atoms with Crippen molar-refractivity contribution in [1.29, 1.82) is 0 Å². The van der Waals surface area contributed by atoms with Gasteiger partial charge in [0.05, 0.1) is 13.4 Å². The number of likely N-dealkylation sites (N-methyl/N-ethyl adjacent to an activating group) is 1. The van der Waals surface area contributed by atoms with Crippen LogP contribution < -0.4 is 15.6 Å². The standard InChI is InChI=1S/C13H22N4O2/c1-17(10-5-3-4-6-10)8-7-14-12-11(19-2)13(18)16-9-15-12/h9-10H,3-8H2,1-2H3,(H2,14,15,16,18). The summed E-state index contributed by atoms with van der Waals surface area (Å²) in [6.07, 6.45) is 6.65. The highest BCUT2D eigenvalue weighted by Gasteiger charge is 2.19. The first-order valence-corrected chi connectivity index (χ1v) is 6.78. The first-order valence-electron chi connectivity index (χ1n) is 6.78. The molecule has 1 fully saturated rings. The van der Waals surface area contributed by atoms with Gasteiger partial charge in [-0.15, -0.1) is 0 Å². The van der Waals surface area contributed by atoms with Gasteiger partial charge in [0.1, 0.15) is 0 Å². The molecule has 106 valence electrons. The lowest BCUT2D eigenvalue weighted by Gasteiger charge is -2.24. The molecule has 0 bridgehead atoms.